The van der Waals surface area contributed by atoms with Crippen molar-refractivity contribution in [3.05, 3.63) is 35.9 Å². The smallest absolute Gasteiger partial charge is 0.135 e. The maximum atomic E-state index is 11.6. The van der Waals surface area contributed by atoms with Crippen LogP contribution < -0.4 is 0 Å². The summed E-state index contributed by atoms with van der Waals surface area (Å²) in [7, 11) is 0. The van der Waals surface area contributed by atoms with Crippen molar-refractivity contribution in [1.29, 1.82) is 0 Å². The summed E-state index contributed by atoms with van der Waals surface area (Å²) in [5, 5.41) is 0. The van der Waals surface area contributed by atoms with Gasteiger partial charge in [-0.1, -0.05) is 37.3 Å². The number of hydrogen-bond donors (Lipinski definition) is 0. The number of carbonyl (C=O) groups is 1. The van der Waals surface area contributed by atoms with Crippen LogP contribution in [0.3, 0.4) is 0 Å². The first-order valence-electron chi connectivity index (χ1n) is 5.89. The molecule has 2 rings (SSSR count). The number of hydrogen-bond acceptors (Lipinski definition) is 1. The largest absolute Gasteiger partial charge is 0.299 e. The van der Waals surface area contributed by atoms with Gasteiger partial charge in [0.2, 0.25) is 0 Å². The molecule has 0 amide bonds. The molecule has 0 radical (unpaired) electrons. The highest BCUT2D eigenvalue weighted by Gasteiger charge is 2.29. The Morgan fingerprint density at radius 2 is 2.00 bits per heavy atom. The number of carbonyl (C=O) groups excluding carboxylic acids is 1. The minimum Gasteiger partial charge on any atom is -0.299 e. The number of Topliss-reactive ketones (excluding diaryl/α,β-unsaturated/α-hetero) is 1. The molecule has 0 heterocycles. The van der Waals surface area contributed by atoms with E-state index < -0.39 is 0 Å². The minimum absolute atomic E-state index is 0.334. The van der Waals surface area contributed by atoms with Gasteiger partial charge in [0.15, 0.2) is 0 Å². The molecule has 1 aromatic rings. The molecule has 80 valence electrons. The number of benzene rings is 1. The first kappa shape index (κ1) is 10.4. The van der Waals surface area contributed by atoms with Gasteiger partial charge in [0, 0.05) is 12.3 Å². The lowest BCUT2D eigenvalue weighted by molar-refractivity contribution is -0.122. The fourth-order valence-electron chi connectivity index (χ4n) is 2.59. The predicted octanol–water partition coefficient (Wildman–Crippen LogP) is 3.55. The summed E-state index contributed by atoms with van der Waals surface area (Å²) in [4.78, 5) is 11.6. The van der Waals surface area contributed by atoms with Crippen LogP contribution in [0.25, 0.3) is 0 Å². The van der Waals surface area contributed by atoms with Crippen molar-refractivity contribution in [2.75, 3.05) is 0 Å². The van der Waals surface area contributed by atoms with E-state index >= 15 is 0 Å². The zero-order valence-electron chi connectivity index (χ0n) is 9.28. The Hall–Kier alpha value is -1.11. The normalized spacial score (nSPS) is 25.4. The Morgan fingerprint density at radius 1 is 1.27 bits per heavy atom. The average Bonchev–Trinajstić information content (AvgIpc) is 2.78. The topological polar surface area (TPSA) is 17.1 Å². The molecular formula is C14H18O. The lowest BCUT2D eigenvalue weighted by atomic mass is 9.94. The fourth-order valence-corrected chi connectivity index (χ4v) is 2.59. The highest BCUT2D eigenvalue weighted by atomic mass is 16.1. The summed E-state index contributed by atoms with van der Waals surface area (Å²) in [6.45, 7) is 1.97. The molecule has 0 spiro atoms. The van der Waals surface area contributed by atoms with E-state index in [-0.39, 0.29) is 0 Å². The molecule has 1 aliphatic carbocycles. The molecule has 0 saturated heterocycles. The third-order valence-electron chi connectivity index (χ3n) is 3.51. The molecule has 0 aliphatic heterocycles. The molecule has 1 fully saturated rings. The van der Waals surface area contributed by atoms with E-state index in [9.17, 15) is 4.79 Å². The quantitative estimate of drug-likeness (QED) is 0.732. The summed E-state index contributed by atoms with van der Waals surface area (Å²) in [6, 6.07) is 10.6. The van der Waals surface area contributed by atoms with E-state index in [2.05, 4.69) is 24.3 Å². The lowest BCUT2D eigenvalue weighted by Gasteiger charge is -2.10. The second kappa shape index (κ2) is 4.61. The van der Waals surface area contributed by atoms with Gasteiger partial charge in [-0.3, -0.25) is 4.79 Å². The summed E-state index contributed by atoms with van der Waals surface area (Å²) >= 11 is 0. The first-order valence-corrected chi connectivity index (χ1v) is 5.89. The molecular weight excluding hydrogens is 184 g/mol. The zero-order valence-corrected chi connectivity index (χ0v) is 9.28. The van der Waals surface area contributed by atoms with Gasteiger partial charge in [0.25, 0.3) is 0 Å². The molecule has 1 aliphatic rings. The lowest BCUT2D eigenvalue weighted by Crippen LogP contribution is -2.09. The molecule has 0 bridgehead atoms. The zero-order chi connectivity index (χ0) is 10.7. The Morgan fingerprint density at radius 3 is 2.67 bits per heavy atom. The van der Waals surface area contributed by atoms with Crippen LogP contribution >= 0.6 is 0 Å². The van der Waals surface area contributed by atoms with Crippen molar-refractivity contribution < 1.29 is 4.79 Å². The molecule has 1 saturated carbocycles. The van der Waals surface area contributed by atoms with Gasteiger partial charge in [0.05, 0.1) is 0 Å². The monoisotopic (exact) mass is 202 g/mol. The maximum Gasteiger partial charge on any atom is 0.135 e. The first-order chi connectivity index (χ1) is 7.31. The highest BCUT2D eigenvalue weighted by molar-refractivity contribution is 5.81. The van der Waals surface area contributed by atoms with Crippen LogP contribution in [-0.2, 0) is 4.79 Å². The van der Waals surface area contributed by atoms with Crippen LogP contribution in [-0.4, -0.2) is 5.78 Å². The molecule has 1 aromatic carbocycles. The predicted molar refractivity (Wildman–Crippen MR) is 61.8 cm³/mol. The molecule has 15 heavy (non-hydrogen) atoms. The van der Waals surface area contributed by atoms with E-state index in [1.54, 1.807) is 0 Å². The van der Waals surface area contributed by atoms with Crippen LogP contribution in [0.1, 0.15) is 44.1 Å². The van der Waals surface area contributed by atoms with Crippen molar-refractivity contribution >= 4 is 5.78 Å². The Labute approximate surface area is 91.5 Å². The third-order valence-corrected chi connectivity index (χ3v) is 3.51. The van der Waals surface area contributed by atoms with Crippen molar-refractivity contribution in [3.8, 4) is 0 Å². The van der Waals surface area contributed by atoms with Crippen LogP contribution in [0.4, 0.5) is 0 Å². The summed E-state index contributed by atoms with van der Waals surface area (Å²) < 4.78 is 0. The van der Waals surface area contributed by atoms with Gasteiger partial charge in [0.1, 0.15) is 5.78 Å². The number of ketones is 1. The average molecular weight is 202 g/mol. The van der Waals surface area contributed by atoms with Gasteiger partial charge >= 0.3 is 0 Å². The van der Waals surface area contributed by atoms with Crippen molar-refractivity contribution in [3.63, 3.8) is 0 Å². The summed E-state index contributed by atoms with van der Waals surface area (Å²) in [6.07, 6.45) is 4.04. The highest BCUT2D eigenvalue weighted by Crippen LogP contribution is 2.38. The van der Waals surface area contributed by atoms with Crippen molar-refractivity contribution in [1.82, 2.24) is 0 Å². The van der Waals surface area contributed by atoms with Crippen molar-refractivity contribution in [2.24, 2.45) is 5.92 Å². The van der Waals surface area contributed by atoms with Gasteiger partial charge < -0.3 is 0 Å². The second-order valence-corrected chi connectivity index (χ2v) is 4.44. The van der Waals surface area contributed by atoms with Crippen molar-refractivity contribution in [2.45, 2.75) is 38.5 Å². The van der Waals surface area contributed by atoms with E-state index in [1.165, 1.54) is 12.0 Å². The SMILES string of the molecule is CCC(=O)[C@H]1CC[C@H](c2ccccc2)C1. The molecule has 0 N–H and O–H groups in total. The van der Waals surface area contributed by atoms with Crippen LogP contribution in [0.2, 0.25) is 0 Å². The van der Waals surface area contributed by atoms with Gasteiger partial charge in [-0.05, 0) is 30.7 Å². The minimum atomic E-state index is 0.334. The Bertz CT molecular complexity index is 328. The van der Waals surface area contributed by atoms with Gasteiger partial charge in [-0.2, -0.15) is 0 Å². The molecule has 1 heteroatoms. The molecule has 0 aromatic heterocycles. The van der Waals surface area contributed by atoms with Crippen LogP contribution in [0.15, 0.2) is 30.3 Å². The maximum absolute atomic E-state index is 11.6. The van der Waals surface area contributed by atoms with Gasteiger partial charge in [-0.15, -0.1) is 0 Å². The second-order valence-electron chi connectivity index (χ2n) is 4.44. The standard InChI is InChI=1S/C14H18O/c1-2-14(15)13-9-8-12(10-13)11-6-4-3-5-7-11/h3-7,12-13H,2,8-10H2,1H3/t12-,13-/m0/s1. The van der Waals surface area contributed by atoms with Crippen LogP contribution in [0.5, 0.6) is 0 Å². The van der Waals surface area contributed by atoms with E-state index in [1.807, 2.05) is 13.0 Å². The number of rotatable bonds is 3. The summed E-state index contributed by atoms with van der Waals surface area (Å²) in [5.41, 5.74) is 1.41. The van der Waals surface area contributed by atoms with Crippen LogP contribution in [0, 0.1) is 5.92 Å². The Balaban J connectivity index is 2.02. The Kier molecular flexibility index (Phi) is 3.20. The molecule has 1 nitrogen and oxygen atoms in total. The fraction of sp³-hybridized carbons (Fsp3) is 0.500. The van der Waals surface area contributed by atoms with E-state index in [0.29, 0.717) is 24.0 Å². The summed E-state index contributed by atoms with van der Waals surface area (Å²) in [5.74, 6) is 1.40. The van der Waals surface area contributed by atoms with Gasteiger partial charge in [-0.25, -0.2) is 0 Å². The third kappa shape index (κ3) is 2.28. The molecule has 0 unspecified atom stereocenters. The van der Waals surface area contributed by atoms with E-state index in [4.69, 9.17) is 0 Å². The van der Waals surface area contributed by atoms with E-state index in [0.717, 1.165) is 12.8 Å². The molecule has 2 atom stereocenters.